The Morgan fingerprint density at radius 2 is 0.461 bits per heavy atom. The summed E-state index contributed by atoms with van der Waals surface area (Å²) in [5, 5.41) is 4.34. The van der Waals surface area contributed by atoms with Crippen molar-refractivity contribution in [2.75, 3.05) is 0 Å². The number of thiophene rings is 16. The van der Waals surface area contributed by atoms with Crippen molar-refractivity contribution in [3.63, 3.8) is 0 Å². The quantitative estimate of drug-likeness (QED) is 0.0629. The van der Waals surface area contributed by atoms with Crippen LogP contribution in [0.3, 0.4) is 0 Å². The van der Waals surface area contributed by atoms with E-state index < -0.39 is 0 Å². The number of hydrogen-bond donors (Lipinski definition) is 0. The van der Waals surface area contributed by atoms with Crippen LogP contribution in [0.2, 0.25) is 0 Å². The molecule has 0 nitrogen and oxygen atoms in total. The zero-order chi connectivity index (χ0) is 69.5. The van der Waals surface area contributed by atoms with Gasteiger partial charge in [-0.05, 0) is 266 Å². The molecule has 0 atom stereocenters. The van der Waals surface area contributed by atoms with E-state index in [-0.39, 0.29) is 0 Å². The van der Waals surface area contributed by atoms with Crippen LogP contribution in [-0.2, 0) is 38.5 Å². The minimum absolute atomic E-state index is 0.995. The molecule has 16 aromatic heterocycles. The Labute approximate surface area is 662 Å². The first-order valence-electron chi connectivity index (χ1n) is 33.7. The molecule has 0 saturated carbocycles. The van der Waals surface area contributed by atoms with E-state index in [1.54, 1.807) is 22.7 Å². The predicted molar refractivity (Wildman–Crippen MR) is 471 cm³/mol. The van der Waals surface area contributed by atoms with Crippen molar-refractivity contribution < 1.29 is 0 Å². The zero-order valence-electron chi connectivity index (χ0n) is 56.8. The minimum atomic E-state index is 0.995. The zero-order valence-corrected chi connectivity index (χ0v) is 69.8. The van der Waals surface area contributed by atoms with E-state index in [0.29, 0.717) is 0 Å². The maximum absolute atomic E-state index is 3.36. The molecule has 0 bridgehead atoms. The number of aryl methyl sites for hydroxylation is 6. The van der Waals surface area contributed by atoms with E-state index in [1.807, 2.05) is 173 Å². The van der Waals surface area contributed by atoms with Crippen LogP contribution in [0, 0.1) is 47.4 Å². The SMILES string of the molecule is CC#CC#Cc1ccsc1-c1cc(C#CC#CC)c(-c2ccc(-c3ccc(-c4ccc(-c5ccc(-c6sc(-c7sc(-c8cc(CC)c(-c9cc(CC)c(-c%10ccc(-c%11ccc(-c%12ccc(-c%13ccc(-c%14sc(-c%15sccc%15CC)cc%14CC)s%13)s%12)s%11)s%10)s9)s8)cc7CC)cc6CC)s5)s4)s3)s2)s1. The van der Waals surface area contributed by atoms with Gasteiger partial charge in [-0.2, -0.15) is 0 Å². The summed E-state index contributed by atoms with van der Waals surface area (Å²) in [6.45, 7) is 17.5. The smallest absolute Gasteiger partial charge is 0.0606 e. The van der Waals surface area contributed by atoms with E-state index in [9.17, 15) is 0 Å². The summed E-state index contributed by atoms with van der Waals surface area (Å²) >= 11 is 30.5. The van der Waals surface area contributed by atoms with E-state index in [2.05, 4.69) is 245 Å². The summed E-state index contributed by atoms with van der Waals surface area (Å²) in [6, 6.07) is 56.2. The lowest BCUT2D eigenvalue weighted by Gasteiger charge is -1.97. The second-order valence-electron chi connectivity index (χ2n) is 23.8. The Kier molecular flexibility index (Phi) is 21.1. The monoisotopic (exact) mass is 1610 g/mol. The molecule has 16 rings (SSSR count). The van der Waals surface area contributed by atoms with Gasteiger partial charge in [0.15, 0.2) is 0 Å². The maximum atomic E-state index is 3.36. The van der Waals surface area contributed by atoms with Gasteiger partial charge in [-0.1, -0.05) is 65.2 Å². The Morgan fingerprint density at radius 3 is 0.814 bits per heavy atom. The summed E-state index contributed by atoms with van der Waals surface area (Å²) < 4.78 is 0. The van der Waals surface area contributed by atoms with Crippen molar-refractivity contribution in [3.05, 3.63) is 201 Å². The van der Waals surface area contributed by atoms with Gasteiger partial charge in [0, 0.05) is 148 Å². The molecule has 0 aromatic carbocycles. The third-order valence-electron chi connectivity index (χ3n) is 17.6. The van der Waals surface area contributed by atoms with Gasteiger partial charge in [0.2, 0.25) is 0 Å². The van der Waals surface area contributed by atoms with Crippen LogP contribution in [-0.4, -0.2) is 0 Å². The van der Waals surface area contributed by atoms with E-state index >= 15 is 0 Å². The standard InChI is InChI=1S/C86H62S16/c1-9-17-19-21-55-40-42-88-80(55)76-48-56(22-20-18-10-2)86(100-76)72-38-34-68(96-72)64-30-26-60(92-64)59-25-29-63(91-59)67-33-37-71(95-67)83-54(16-8)47-78(102-83)85-51(13-5)44-74(98-85)73-43-50(12-4)84(97-73)77-46-53(15-7)82(101-77)70-36-32-66(94-70)62-28-24-58(90-62)57-23-27-61(89-57)65-31-35-69(93-65)81-52(14-6)45-75(99-81)79-49(11-3)39-41-87-79/h23-48H,11-16H2,1-8H3. The Hall–Kier alpha value is -6.56. The normalized spacial score (nSPS) is 11.3. The highest BCUT2D eigenvalue weighted by Gasteiger charge is 2.25. The molecule has 0 N–H and O–H groups in total. The van der Waals surface area contributed by atoms with Crippen LogP contribution in [0.5, 0.6) is 0 Å². The second-order valence-corrected chi connectivity index (χ2v) is 40.6. The van der Waals surface area contributed by atoms with Gasteiger partial charge in [-0.25, -0.2) is 0 Å². The van der Waals surface area contributed by atoms with Gasteiger partial charge in [0.05, 0.1) is 9.75 Å². The topological polar surface area (TPSA) is 0 Å². The molecular formula is C86H62S16. The van der Waals surface area contributed by atoms with Gasteiger partial charge >= 0.3 is 0 Å². The molecule has 16 heterocycles. The lowest BCUT2D eigenvalue weighted by molar-refractivity contribution is 1.15. The summed E-state index contributed by atoms with van der Waals surface area (Å²) in [6.07, 6.45) is 6.11. The Bertz CT molecular complexity index is 6010. The first-order chi connectivity index (χ1) is 50.1. The Morgan fingerprint density at radius 1 is 0.206 bits per heavy atom. The molecule has 0 spiro atoms. The average Bonchev–Trinajstić information content (AvgIpc) is 1.50. The molecule has 0 aliphatic carbocycles. The minimum Gasteiger partial charge on any atom is -0.143 e. The van der Waals surface area contributed by atoms with Crippen molar-refractivity contribution in [1.82, 2.24) is 0 Å². The molecule has 102 heavy (non-hydrogen) atoms. The van der Waals surface area contributed by atoms with Crippen LogP contribution in [0.15, 0.2) is 156 Å². The van der Waals surface area contributed by atoms with Gasteiger partial charge in [-0.3, -0.25) is 0 Å². The largest absolute Gasteiger partial charge is 0.143 e. The molecule has 0 aliphatic rings. The highest BCUT2D eigenvalue weighted by Crippen LogP contribution is 2.55. The summed E-state index contributed by atoms with van der Waals surface area (Å²) in [5.74, 6) is 24.3. The van der Waals surface area contributed by atoms with Crippen LogP contribution in [0.4, 0.5) is 0 Å². The van der Waals surface area contributed by atoms with E-state index in [4.69, 9.17) is 0 Å². The molecule has 0 radical (unpaired) electrons. The van der Waals surface area contributed by atoms with Gasteiger partial charge < -0.3 is 0 Å². The molecular weight excluding hydrogens is 1550 g/mol. The summed E-state index contributed by atoms with van der Waals surface area (Å²) in [4.78, 5) is 40.1. The number of hydrogen-bond acceptors (Lipinski definition) is 16. The maximum Gasteiger partial charge on any atom is 0.0606 e. The lowest BCUT2D eigenvalue weighted by atomic mass is 10.1. The van der Waals surface area contributed by atoms with Crippen molar-refractivity contribution in [1.29, 1.82) is 0 Å². The van der Waals surface area contributed by atoms with Crippen molar-refractivity contribution >= 4 is 181 Å². The molecule has 16 heteroatoms. The fourth-order valence-electron chi connectivity index (χ4n) is 12.4. The third kappa shape index (κ3) is 13.9. The fraction of sp³-hybridized carbons (Fsp3) is 0.163. The van der Waals surface area contributed by atoms with Crippen molar-refractivity contribution in [2.45, 2.75) is 93.9 Å². The van der Waals surface area contributed by atoms with Crippen LogP contribution in [0.25, 0.3) is 146 Å². The van der Waals surface area contributed by atoms with E-state index in [1.165, 1.54) is 165 Å². The van der Waals surface area contributed by atoms with E-state index in [0.717, 1.165) is 64.3 Å². The van der Waals surface area contributed by atoms with Gasteiger partial charge in [0.1, 0.15) is 0 Å². The van der Waals surface area contributed by atoms with Gasteiger partial charge in [-0.15, -0.1) is 181 Å². The summed E-state index contributed by atoms with van der Waals surface area (Å²) in [5.41, 5.74) is 10.7. The molecule has 0 amide bonds. The molecule has 0 fully saturated rings. The van der Waals surface area contributed by atoms with Crippen molar-refractivity contribution in [2.24, 2.45) is 0 Å². The average molecular weight is 1610 g/mol. The highest BCUT2D eigenvalue weighted by atomic mass is 32.2. The lowest BCUT2D eigenvalue weighted by Crippen LogP contribution is -1.78. The van der Waals surface area contributed by atoms with Crippen LogP contribution < -0.4 is 0 Å². The van der Waals surface area contributed by atoms with Crippen LogP contribution >= 0.6 is 181 Å². The number of rotatable bonds is 21. The molecule has 502 valence electrons. The summed E-state index contributed by atoms with van der Waals surface area (Å²) in [7, 11) is 0. The molecule has 0 aliphatic heterocycles. The molecule has 0 saturated heterocycles. The van der Waals surface area contributed by atoms with Gasteiger partial charge in [0.25, 0.3) is 0 Å². The first kappa shape index (κ1) is 69.8. The third-order valence-corrected chi connectivity index (χ3v) is 38.0. The molecule has 0 unspecified atom stereocenters. The molecule has 16 aromatic rings. The van der Waals surface area contributed by atoms with Crippen molar-refractivity contribution in [3.8, 4) is 194 Å². The fourth-order valence-corrected chi connectivity index (χ4v) is 31.4. The highest BCUT2D eigenvalue weighted by molar-refractivity contribution is 7.34. The second kappa shape index (κ2) is 30.9. The Balaban J connectivity index is 0.596. The van der Waals surface area contributed by atoms with Crippen LogP contribution in [0.1, 0.15) is 99.9 Å². The first-order valence-corrected chi connectivity index (χ1v) is 46.9. The predicted octanol–water partition coefficient (Wildman–Crippen LogP) is 31.8.